The van der Waals surface area contributed by atoms with Gasteiger partial charge in [-0.15, -0.1) is 5.10 Å². The number of nitrogens with zero attached hydrogens (tertiary/aromatic N) is 3. The summed E-state index contributed by atoms with van der Waals surface area (Å²) in [5, 5.41) is 13.8. The number of carbonyl (C=O) groups is 1. The molecule has 1 aliphatic heterocycles. The van der Waals surface area contributed by atoms with E-state index >= 15 is 0 Å². The van der Waals surface area contributed by atoms with Crippen LogP contribution in [-0.4, -0.2) is 53.4 Å². The summed E-state index contributed by atoms with van der Waals surface area (Å²) in [6.07, 6.45) is 3.24. The summed E-state index contributed by atoms with van der Waals surface area (Å²) in [7, 11) is -2.98. The average molecular weight is 315 g/mol. The first-order valence-electron chi connectivity index (χ1n) is 7.08. The molecule has 0 saturated carbocycles. The number of hydrogen-bond acceptors (Lipinski definition) is 6. The van der Waals surface area contributed by atoms with Gasteiger partial charge in [0, 0.05) is 12.6 Å². The van der Waals surface area contributed by atoms with Crippen LogP contribution in [0.25, 0.3) is 0 Å². The molecule has 118 valence electrons. The Morgan fingerprint density at radius 1 is 1.52 bits per heavy atom. The molecule has 1 fully saturated rings. The normalized spacial score (nSPS) is 20.5. The Morgan fingerprint density at radius 3 is 3.00 bits per heavy atom. The molecule has 9 heteroatoms. The summed E-state index contributed by atoms with van der Waals surface area (Å²) in [6.45, 7) is 3.66. The molecule has 1 unspecified atom stereocenters. The van der Waals surface area contributed by atoms with Crippen molar-refractivity contribution < 1.29 is 13.2 Å². The van der Waals surface area contributed by atoms with Gasteiger partial charge in [0.05, 0.1) is 23.4 Å². The number of aromatic nitrogens is 3. The fraction of sp³-hybridized carbons (Fsp3) is 0.750. The SMILES string of the molecule is CCCNCc1cn(CC(=O)NC2CCS(=O)(=O)C2)nn1. The lowest BCUT2D eigenvalue weighted by molar-refractivity contribution is -0.122. The third-order valence-electron chi connectivity index (χ3n) is 3.22. The van der Waals surface area contributed by atoms with Gasteiger partial charge in [-0.05, 0) is 19.4 Å². The summed E-state index contributed by atoms with van der Waals surface area (Å²) in [5.41, 5.74) is 0.777. The van der Waals surface area contributed by atoms with Gasteiger partial charge in [-0.2, -0.15) is 0 Å². The van der Waals surface area contributed by atoms with Gasteiger partial charge in [-0.1, -0.05) is 12.1 Å². The van der Waals surface area contributed by atoms with Crippen LogP contribution < -0.4 is 10.6 Å². The molecule has 0 aromatic carbocycles. The molecule has 1 amide bonds. The van der Waals surface area contributed by atoms with Crippen LogP contribution in [0.3, 0.4) is 0 Å². The lowest BCUT2D eigenvalue weighted by atomic mass is 10.2. The zero-order valence-corrected chi connectivity index (χ0v) is 12.9. The van der Waals surface area contributed by atoms with Crippen molar-refractivity contribution in [3.8, 4) is 0 Å². The van der Waals surface area contributed by atoms with E-state index in [2.05, 4.69) is 27.9 Å². The van der Waals surface area contributed by atoms with Crippen LogP contribution in [0.4, 0.5) is 0 Å². The molecule has 8 nitrogen and oxygen atoms in total. The summed E-state index contributed by atoms with van der Waals surface area (Å²) in [4.78, 5) is 11.8. The van der Waals surface area contributed by atoms with E-state index in [1.165, 1.54) is 4.68 Å². The monoisotopic (exact) mass is 315 g/mol. The third kappa shape index (κ3) is 5.09. The maximum absolute atomic E-state index is 11.8. The zero-order valence-electron chi connectivity index (χ0n) is 12.1. The van der Waals surface area contributed by atoms with Crippen LogP contribution in [0.2, 0.25) is 0 Å². The van der Waals surface area contributed by atoms with E-state index in [4.69, 9.17) is 0 Å². The van der Waals surface area contributed by atoms with E-state index in [0.29, 0.717) is 13.0 Å². The zero-order chi connectivity index (χ0) is 15.3. The molecule has 2 heterocycles. The van der Waals surface area contributed by atoms with Crippen LogP contribution in [0.1, 0.15) is 25.5 Å². The van der Waals surface area contributed by atoms with Crippen LogP contribution in [-0.2, 0) is 27.7 Å². The number of rotatable bonds is 7. The predicted molar refractivity (Wildman–Crippen MR) is 77.2 cm³/mol. The van der Waals surface area contributed by atoms with Crippen molar-refractivity contribution in [2.45, 2.75) is 38.9 Å². The van der Waals surface area contributed by atoms with Crippen LogP contribution in [0.15, 0.2) is 6.20 Å². The van der Waals surface area contributed by atoms with Gasteiger partial charge in [0.1, 0.15) is 6.54 Å². The van der Waals surface area contributed by atoms with E-state index < -0.39 is 9.84 Å². The van der Waals surface area contributed by atoms with Crippen molar-refractivity contribution >= 4 is 15.7 Å². The smallest absolute Gasteiger partial charge is 0.242 e. The highest BCUT2D eigenvalue weighted by atomic mass is 32.2. The minimum atomic E-state index is -2.98. The van der Waals surface area contributed by atoms with Gasteiger partial charge in [-0.3, -0.25) is 4.79 Å². The molecule has 1 aromatic rings. The Labute approximate surface area is 124 Å². The number of carbonyl (C=O) groups excluding carboxylic acids is 1. The van der Waals surface area contributed by atoms with Gasteiger partial charge in [0.2, 0.25) is 5.91 Å². The lowest BCUT2D eigenvalue weighted by Gasteiger charge is -2.10. The van der Waals surface area contributed by atoms with E-state index in [-0.39, 0.29) is 30.0 Å². The van der Waals surface area contributed by atoms with Crippen molar-refractivity contribution in [2.75, 3.05) is 18.1 Å². The van der Waals surface area contributed by atoms with E-state index in [9.17, 15) is 13.2 Å². The highest BCUT2D eigenvalue weighted by Gasteiger charge is 2.28. The standard InChI is InChI=1S/C12H21N5O3S/c1-2-4-13-6-11-7-17(16-15-11)8-12(18)14-10-3-5-21(19,20)9-10/h7,10,13H,2-6,8-9H2,1H3,(H,14,18). The summed E-state index contributed by atoms with van der Waals surface area (Å²) in [5.74, 6) is -0.0633. The summed E-state index contributed by atoms with van der Waals surface area (Å²) in [6, 6.07) is -0.281. The molecular weight excluding hydrogens is 294 g/mol. The number of hydrogen-bond donors (Lipinski definition) is 2. The average Bonchev–Trinajstić information content (AvgIpc) is 2.96. The molecule has 0 spiro atoms. The first-order chi connectivity index (χ1) is 9.98. The van der Waals surface area contributed by atoms with Crippen LogP contribution in [0.5, 0.6) is 0 Å². The molecule has 21 heavy (non-hydrogen) atoms. The van der Waals surface area contributed by atoms with Crippen molar-refractivity contribution in [3.05, 3.63) is 11.9 Å². The number of nitrogens with one attached hydrogen (secondary N) is 2. The van der Waals surface area contributed by atoms with Crippen molar-refractivity contribution in [1.29, 1.82) is 0 Å². The maximum atomic E-state index is 11.8. The highest BCUT2D eigenvalue weighted by molar-refractivity contribution is 7.91. The topological polar surface area (TPSA) is 106 Å². The summed E-state index contributed by atoms with van der Waals surface area (Å²) < 4.78 is 24.1. The molecule has 2 rings (SSSR count). The Bertz CT molecular complexity index is 583. The Kier molecular flexibility index (Phi) is 5.29. The molecule has 0 radical (unpaired) electrons. The fourth-order valence-electron chi connectivity index (χ4n) is 2.22. The van der Waals surface area contributed by atoms with E-state index in [1.807, 2.05) is 0 Å². The van der Waals surface area contributed by atoms with Crippen molar-refractivity contribution in [3.63, 3.8) is 0 Å². The minimum Gasteiger partial charge on any atom is -0.351 e. The Morgan fingerprint density at radius 2 is 2.33 bits per heavy atom. The molecule has 1 aromatic heterocycles. The van der Waals surface area contributed by atoms with E-state index in [0.717, 1.165) is 18.7 Å². The molecule has 1 atom stereocenters. The molecule has 1 saturated heterocycles. The van der Waals surface area contributed by atoms with Crippen molar-refractivity contribution in [2.24, 2.45) is 0 Å². The number of sulfone groups is 1. The first-order valence-corrected chi connectivity index (χ1v) is 8.90. The second-order valence-electron chi connectivity index (χ2n) is 5.25. The van der Waals surface area contributed by atoms with Crippen LogP contribution in [0, 0.1) is 0 Å². The van der Waals surface area contributed by atoms with Gasteiger partial charge in [0.25, 0.3) is 0 Å². The minimum absolute atomic E-state index is 0.0300. The third-order valence-corrected chi connectivity index (χ3v) is 4.99. The summed E-state index contributed by atoms with van der Waals surface area (Å²) >= 11 is 0. The second kappa shape index (κ2) is 6.99. The fourth-order valence-corrected chi connectivity index (χ4v) is 3.89. The highest BCUT2D eigenvalue weighted by Crippen LogP contribution is 2.11. The predicted octanol–water partition coefficient (Wildman–Crippen LogP) is -0.919. The molecule has 0 aliphatic carbocycles. The quantitative estimate of drug-likeness (QED) is 0.631. The molecule has 1 aliphatic rings. The maximum Gasteiger partial charge on any atom is 0.242 e. The van der Waals surface area contributed by atoms with Gasteiger partial charge in [0.15, 0.2) is 9.84 Å². The Balaban J connectivity index is 1.77. The molecule has 2 N–H and O–H groups in total. The van der Waals surface area contributed by atoms with Gasteiger partial charge >= 0.3 is 0 Å². The molecular formula is C12H21N5O3S. The largest absolute Gasteiger partial charge is 0.351 e. The molecule has 0 bridgehead atoms. The Hall–Kier alpha value is -1.48. The lowest BCUT2D eigenvalue weighted by Crippen LogP contribution is -2.37. The number of amides is 1. The van der Waals surface area contributed by atoms with Gasteiger partial charge < -0.3 is 10.6 Å². The van der Waals surface area contributed by atoms with Crippen molar-refractivity contribution in [1.82, 2.24) is 25.6 Å². The van der Waals surface area contributed by atoms with E-state index in [1.54, 1.807) is 6.20 Å². The van der Waals surface area contributed by atoms with Crippen LogP contribution >= 0.6 is 0 Å². The second-order valence-corrected chi connectivity index (χ2v) is 7.48. The van der Waals surface area contributed by atoms with Gasteiger partial charge in [-0.25, -0.2) is 13.1 Å². The first kappa shape index (κ1) is 15.9.